The zero-order valence-corrected chi connectivity index (χ0v) is 12.2. The van der Waals surface area contributed by atoms with Gasteiger partial charge in [-0.3, -0.25) is 14.6 Å². The molecule has 0 aliphatic heterocycles. The van der Waals surface area contributed by atoms with E-state index in [4.69, 9.17) is 23.2 Å². The minimum atomic E-state index is -3.61. The Morgan fingerprint density at radius 3 is 2.21 bits per heavy atom. The van der Waals surface area contributed by atoms with Gasteiger partial charge in [-0.05, 0) is 18.2 Å². The van der Waals surface area contributed by atoms with Crippen LogP contribution in [-0.2, 0) is 22.6 Å². The maximum absolute atomic E-state index is 12.2. The summed E-state index contributed by atoms with van der Waals surface area (Å²) in [5.74, 6) is -0.320. The highest BCUT2D eigenvalue weighted by Crippen LogP contribution is 2.24. The van der Waals surface area contributed by atoms with Gasteiger partial charge in [-0.15, -0.1) is 0 Å². The molecule has 0 unspecified atom stereocenters. The number of nitrogens with zero attached hydrogens (tertiary/aromatic N) is 1. The number of aromatic nitrogens is 2. The second kappa shape index (κ2) is 5.03. The Hall–Kier alpha value is -1.24. The Morgan fingerprint density at radius 1 is 1.16 bits per heavy atom. The van der Waals surface area contributed by atoms with E-state index in [-0.39, 0.29) is 26.3 Å². The molecule has 1 aromatic carbocycles. The van der Waals surface area contributed by atoms with E-state index in [2.05, 4.69) is 5.10 Å². The van der Waals surface area contributed by atoms with E-state index in [0.717, 1.165) is 0 Å². The fourth-order valence-corrected chi connectivity index (χ4v) is 3.61. The first-order valence-corrected chi connectivity index (χ1v) is 7.62. The van der Waals surface area contributed by atoms with Gasteiger partial charge >= 0.3 is 0 Å². The molecule has 0 spiro atoms. The highest BCUT2D eigenvalue weighted by molar-refractivity contribution is 7.90. The van der Waals surface area contributed by atoms with E-state index in [0.29, 0.717) is 5.69 Å². The van der Waals surface area contributed by atoms with Crippen molar-refractivity contribution in [2.45, 2.75) is 10.6 Å². The molecule has 0 saturated heterocycles. The molecule has 19 heavy (non-hydrogen) atoms. The Morgan fingerprint density at radius 2 is 1.74 bits per heavy atom. The number of H-pyrrole nitrogens is 1. The normalized spacial score (nSPS) is 11.7. The molecule has 2 aromatic rings. The number of hydrogen-bond acceptors (Lipinski definition) is 3. The average molecular weight is 321 g/mol. The molecular formula is C11H10Cl2N2O3S. The molecule has 102 valence electrons. The van der Waals surface area contributed by atoms with Gasteiger partial charge in [0, 0.05) is 23.2 Å². The van der Waals surface area contributed by atoms with Crippen molar-refractivity contribution in [2.75, 3.05) is 0 Å². The van der Waals surface area contributed by atoms with Gasteiger partial charge in [-0.1, -0.05) is 23.2 Å². The highest BCUT2D eigenvalue weighted by atomic mass is 35.5. The van der Waals surface area contributed by atoms with E-state index in [9.17, 15) is 13.2 Å². The molecule has 0 atom stereocenters. The summed E-state index contributed by atoms with van der Waals surface area (Å²) in [6.45, 7) is 0. The lowest BCUT2D eigenvalue weighted by molar-refractivity contribution is 0.594. The van der Waals surface area contributed by atoms with Gasteiger partial charge in [-0.2, -0.15) is 0 Å². The fourth-order valence-electron chi connectivity index (χ4n) is 1.62. The summed E-state index contributed by atoms with van der Waals surface area (Å²) in [5, 5.41) is 3.14. The second-order valence-electron chi connectivity index (χ2n) is 4.04. The molecule has 0 aliphatic rings. The third kappa shape index (κ3) is 3.20. The summed E-state index contributed by atoms with van der Waals surface area (Å²) in [7, 11) is -2.11. The van der Waals surface area contributed by atoms with Gasteiger partial charge in [0.05, 0.1) is 16.3 Å². The van der Waals surface area contributed by atoms with Crippen LogP contribution in [0, 0.1) is 0 Å². The topological polar surface area (TPSA) is 71.9 Å². The van der Waals surface area contributed by atoms with Crippen LogP contribution in [0.2, 0.25) is 10.0 Å². The monoisotopic (exact) mass is 320 g/mol. The van der Waals surface area contributed by atoms with Crippen molar-refractivity contribution in [2.24, 2.45) is 7.05 Å². The van der Waals surface area contributed by atoms with Gasteiger partial charge in [-0.25, -0.2) is 8.42 Å². The Labute approximate surface area is 119 Å². The van der Waals surface area contributed by atoms with Crippen LogP contribution in [-0.4, -0.2) is 18.2 Å². The zero-order valence-electron chi connectivity index (χ0n) is 9.85. The highest BCUT2D eigenvalue weighted by Gasteiger charge is 2.18. The lowest BCUT2D eigenvalue weighted by Gasteiger charge is -2.04. The smallest absolute Gasteiger partial charge is 0.266 e. The van der Waals surface area contributed by atoms with Crippen LogP contribution >= 0.6 is 23.2 Å². The Balaban J connectivity index is 2.40. The van der Waals surface area contributed by atoms with Crippen molar-refractivity contribution < 1.29 is 8.42 Å². The van der Waals surface area contributed by atoms with E-state index in [1.807, 2.05) is 0 Å². The first-order valence-electron chi connectivity index (χ1n) is 5.22. The van der Waals surface area contributed by atoms with E-state index >= 15 is 0 Å². The summed E-state index contributed by atoms with van der Waals surface area (Å²) in [6, 6.07) is 5.34. The molecule has 0 fully saturated rings. The molecule has 1 N–H and O–H groups in total. The van der Waals surface area contributed by atoms with Crippen molar-refractivity contribution in [3.05, 3.63) is 50.4 Å². The predicted octanol–water partition coefficient (Wildman–Crippen LogP) is 1.99. The van der Waals surface area contributed by atoms with E-state index < -0.39 is 9.84 Å². The maximum atomic E-state index is 12.2. The maximum Gasteiger partial charge on any atom is 0.266 e. The molecule has 0 amide bonds. The number of hydrogen-bond donors (Lipinski definition) is 1. The number of halogens is 2. The van der Waals surface area contributed by atoms with Crippen molar-refractivity contribution in [3.63, 3.8) is 0 Å². The summed E-state index contributed by atoms with van der Waals surface area (Å²) in [5.41, 5.74) is 0.0120. The summed E-state index contributed by atoms with van der Waals surface area (Å²) in [4.78, 5) is 11.3. The Kier molecular flexibility index (Phi) is 3.75. The first-order chi connectivity index (χ1) is 8.78. The van der Waals surface area contributed by atoms with Crippen molar-refractivity contribution in [3.8, 4) is 0 Å². The molecule has 1 aromatic heterocycles. The molecule has 0 radical (unpaired) electrons. The lowest BCUT2D eigenvalue weighted by Crippen LogP contribution is -2.10. The number of aromatic amines is 1. The number of aryl methyl sites for hydroxylation is 1. The molecule has 2 rings (SSSR count). The third-order valence-electron chi connectivity index (χ3n) is 2.48. The van der Waals surface area contributed by atoms with Crippen LogP contribution in [0.3, 0.4) is 0 Å². The lowest BCUT2D eigenvalue weighted by atomic mass is 10.4. The SMILES string of the molecule is Cn1[nH]c(CS(=O)(=O)c2cc(Cl)cc(Cl)c2)cc1=O. The molecule has 5 nitrogen and oxygen atoms in total. The van der Waals surface area contributed by atoms with Crippen molar-refractivity contribution in [1.29, 1.82) is 0 Å². The van der Waals surface area contributed by atoms with Gasteiger partial charge in [0.15, 0.2) is 9.84 Å². The first kappa shape index (κ1) is 14.2. The molecule has 0 aliphatic carbocycles. The number of benzene rings is 1. The summed E-state index contributed by atoms with van der Waals surface area (Å²) < 4.78 is 25.6. The summed E-state index contributed by atoms with van der Waals surface area (Å²) in [6.07, 6.45) is 0. The molecule has 1 heterocycles. The van der Waals surface area contributed by atoms with Crippen molar-refractivity contribution >= 4 is 33.0 Å². The van der Waals surface area contributed by atoms with E-state index in [1.54, 1.807) is 0 Å². The number of sulfone groups is 1. The Bertz CT molecular complexity index is 757. The van der Waals surface area contributed by atoms with Crippen LogP contribution in [0.25, 0.3) is 0 Å². The largest absolute Gasteiger partial charge is 0.299 e. The molecule has 8 heteroatoms. The molecule has 0 saturated carbocycles. The quantitative estimate of drug-likeness (QED) is 0.940. The van der Waals surface area contributed by atoms with Crippen LogP contribution < -0.4 is 5.56 Å². The minimum Gasteiger partial charge on any atom is -0.299 e. The minimum absolute atomic E-state index is 0.0229. The van der Waals surface area contributed by atoms with Crippen LogP contribution in [0.15, 0.2) is 34.0 Å². The fraction of sp³-hybridized carbons (Fsp3) is 0.182. The van der Waals surface area contributed by atoms with Crippen LogP contribution in [0.1, 0.15) is 5.69 Å². The second-order valence-corrected chi connectivity index (χ2v) is 6.91. The predicted molar refractivity (Wildman–Crippen MR) is 73.4 cm³/mol. The van der Waals surface area contributed by atoms with E-state index in [1.165, 1.54) is 36.0 Å². The van der Waals surface area contributed by atoms with Crippen LogP contribution in [0.5, 0.6) is 0 Å². The average Bonchev–Trinajstić information content (AvgIpc) is 2.55. The van der Waals surface area contributed by atoms with Crippen molar-refractivity contribution in [1.82, 2.24) is 9.78 Å². The summed E-state index contributed by atoms with van der Waals surface area (Å²) >= 11 is 11.6. The zero-order chi connectivity index (χ0) is 14.2. The number of nitrogens with one attached hydrogen (secondary N) is 1. The number of rotatable bonds is 3. The van der Waals surface area contributed by atoms with Gasteiger partial charge < -0.3 is 0 Å². The van der Waals surface area contributed by atoms with Gasteiger partial charge in [0.25, 0.3) is 5.56 Å². The standard InChI is InChI=1S/C11H10Cl2N2O3S/c1-15-11(16)5-9(14-15)6-19(17,18)10-3-7(12)2-8(13)4-10/h2-5,14H,6H2,1H3. The van der Waals surface area contributed by atoms with Gasteiger partial charge in [0.2, 0.25) is 0 Å². The molecule has 0 bridgehead atoms. The van der Waals surface area contributed by atoms with Gasteiger partial charge in [0.1, 0.15) is 0 Å². The van der Waals surface area contributed by atoms with Crippen LogP contribution in [0.4, 0.5) is 0 Å². The third-order valence-corrected chi connectivity index (χ3v) is 4.56. The molecular weight excluding hydrogens is 311 g/mol.